The van der Waals surface area contributed by atoms with Gasteiger partial charge in [0.15, 0.2) is 0 Å². The number of imide groups is 1. The fraction of sp³-hybridized carbons (Fsp3) is 0.250. The average molecular weight is 374 g/mol. The number of hydrogen-bond acceptors (Lipinski definition) is 3. The normalized spacial score (nSPS) is 14.6. The molecular formula is C24H26N2O2. The molecule has 0 aliphatic carbocycles. The van der Waals surface area contributed by atoms with Crippen LogP contribution in [0.2, 0.25) is 0 Å². The zero-order valence-electron chi connectivity index (χ0n) is 16.9. The Kier molecular flexibility index (Phi) is 5.23. The second-order valence-electron chi connectivity index (χ2n) is 8.08. The number of benzene rings is 2. The van der Waals surface area contributed by atoms with Gasteiger partial charge in [-0.1, -0.05) is 68.8 Å². The van der Waals surface area contributed by atoms with Crippen molar-refractivity contribution in [2.75, 3.05) is 11.9 Å². The quantitative estimate of drug-likeness (QED) is 0.611. The lowest BCUT2D eigenvalue weighted by Gasteiger charge is -2.19. The zero-order valence-corrected chi connectivity index (χ0v) is 16.9. The Balaban J connectivity index is 2.02. The first-order chi connectivity index (χ1) is 13.2. The van der Waals surface area contributed by atoms with Crippen LogP contribution in [0.3, 0.4) is 0 Å². The molecule has 0 saturated heterocycles. The topological polar surface area (TPSA) is 49.4 Å². The van der Waals surface area contributed by atoms with E-state index in [1.165, 1.54) is 10.5 Å². The highest BCUT2D eigenvalue weighted by molar-refractivity contribution is 6.36. The van der Waals surface area contributed by atoms with E-state index in [2.05, 4.69) is 32.7 Å². The van der Waals surface area contributed by atoms with Crippen molar-refractivity contribution in [3.8, 4) is 0 Å². The molecule has 0 bridgehead atoms. The van der Waals surface area contributed by atoms with Gasteiger partial charge >= 0.3 is 0 Å². The molecule has 0 saturated carbocycles. The van der Waals surface area contributed by atoms with Crippen LogP contribution in [0.1, 0.15) is 37.5 Å². The summed E-state index contributed by atoms with van der Waals surface area (Å²) in [6.07, 6.45) is 1.56. The van der Waals surface area contributed by atoms with E-state index >= 15 is 0 Å². The zero-order chi connectivity index (χ0) is 20.5. The highest BCUT2D eigenvalue weighted by Crippen LogP contribution is 2.31. The summed E-state index contributed by atoms with van der Waals surface area (Å²) in [5.41, 5.74) is 4.54. The molecule has 144 valence electrons. The van der Waals surface area contributed by atoms with E-state index in [1.54, 1.807) is 6.08 Å². The summed E-state index contributed by atoms with van der Waals surface area (Å²) in [4.78, 5) is 27.1. The second kappa shape index (κ2) is 7.47. The smallest absolute Gasteiger partial charge is 0.278 e. The lowest BCUT2D eigenvalue weighted by atomic mass is 9.87. The molecule has 2 aromatic rings. The summed E-state index contributed by atoms with van der Waals surface area (Å²) in [6.45, 7) is 12.3. The van der Waals surface area contributed by atoms with Crippen LogP contribution in [0.15, 0.2) is 66.9 Å². The predicted molar refractivity (Wildman–Crippen MR) is 114 cm³/mol. The fourth-order valence-corrected chi connectivity index (χ4v) is 3.17. The number of aryl methyl sites for hydroxylation is 1. The van der Waals surface area contributed by atoms with Crippen molar-refractivity contribution in [1.82, 2.24) is 4.90 Å². The van der Waals surface area contributed by atoms with E-state index in [0.29, 0.717) is 11.3 Å². The molecule has 1 aliphatic heterocycles. The standard InChI is InChI=1S/C24H26N2O2/c1-6-15-26-22(27)20(17-9-7-16(2)8-10-17)21(23(26)28)25-19-13-11-18(12-14-19)24(3,4)5/h6-14,25H,1,15H2,2-5H3. The molecule has 0 fully saturated rings. The van der Waals surface area contributed by atoms with E-state index in [4.69, 9.17) is 0 Å². The third-order valence-electron chi connectivity index (χ3n) is 4.84. The van der Waals surface area contributed by atoms with Crippen LogP contribution in [-0.2, 0) is 15.0 Å². The largest absolute Gasteiger partial charge is 0.350 e. The van der Waals surface area contributed by atoms with E-state index < -0.39 is 0 Å². The van der Waals surface area contributed by atoms with Crippen molar-refractivity contribution in [3.63, 3.8) is 0 Å². The van der Waals surface area contributed by atoms with Gasteiger partial charge in [0, 0.05) is 12.2 Å². The van der Waals surface area contributed by atoms with Crippen molar-refractivity contribution < 1.29 is 9.59 Å². The first-order valence-electron chi connectivity index (χ1n) is 9.38. The van der Waals surface area contributed by atoms with Crippen molar-refractivity contribution >= 4 is 23.1 Å². The number of amides is 2. The molecule has 0 aromatic heterocycles. The molecule has 1 heterocycles. The lowest BCUT2D eigenvalue weighted by molar-refractivity contribution is -0.136. The molecule has 28 heavy (non-hydrogen) atoms. The minimum absolute atomic E-state index is 0.0464. The molecule has 2 aromatic carbocycles. The Hall–Kier alpha value is -3.14. The van der Waals surface area contributed by atoms with Gasteiger partial charge in [0.2, 0.25) is 0 Å². The second-order valence-corrected chi connectivity index (χ2v) is 8.08. The van der Waals surface area contributed by atoms with Crippen LogP contribution in [-0.4, -0.2) is 23.3 Å². The number of rotatable bonds is 5. The predicted octanol–water partition coefficient (Wildman–Crippen LogP) is 4.67. The van der Waals surface area contributed by atoms with Crippen molar-refractivity contribution in [2.24, 2.45) is 0 Å². The number of anilines is 1. The summed E-state index contributed by atoms with van der Waals surface area (Å²) in [5, 5.41) is 3.18. The number of carbonyl (C=O) groups is 2. The van der Waals surface area contributed by atoms with E-state index in [-0.39, 0.29) is 23.8 Å². The third-order valence-corrected chi connectivity index (χ3v) is 4.84. The minimum atomic E-state index is -0.333. The summed E-state index contributed by atoms with van der Waals surface area (Å²) in [7, 11) is 0. The van der Waals surface area contributed by atoms with Gasteiger partial charge in [-0.3, -0.25) is 14.5 Å². The number of carbonyl (C=O) groups excluding carboxylic acids is 2. The Bertz CT molecular complexity index is 946. The Morgan fingerprint density at radius 1 is 0.964 bits per heavy atom. The molecule has 1 N–H and O–H groups in total. The molecule has 2 amide bonds. The first-order valence-corrected chi connectivity index (χ1v) is 9.38. The summed E-state index contributed by atoms with van der Waals surface area (Å²) >= 11 is 0. The number of hydrogen-bond donors (Lipinski definition) is 1. The van der Waals surface area contributed by atoms with Gasteiger partial charge in [0.1, 0.15) is 5.70 Å². The highest BCUT2D eigenvalue weighted by atomic mass is 16.2. The minimum Gasteiger partial charge on any atom is -0.350 e. The Morgan fingerprint density at radius 2 is 1.57 bits per heavy atom. The van der Waals surface area contributed by atoms with Crippen molar-refractivity contribution in [1.29, 1.82) is 0 Å². The van der Waals surface area contributed by atoms with Crippen LogP contribution in [0.4, 0.5) is 5.69 Å². The highest BCUT2D eigenvalue weighted by Gasteiger charge is 2.38. The van der Waals surface area contributed by atoms with Gasteiger partial charge in [-0.05, 0) is 35.6 Å². The fourth-order valence-electron chi connectivity index (χ4n) is 3.17. The summed E-state index contributed by atoms with van der Waals surface area (Å²) in [6, 6.07) is 15.6. The Labute approximate surface area is 166 Å². The summed E-state index contributed by atoms with van der Waals surface area (Å²) in [5.74, 6) is -0.636. The van der Waals surface area contributed by atoms with Gasteiger partial charge in [0.25, 0.3) is 11.8 Å². The van der Waals surface area contributed by atoms with Gasteiger partial charge in [0.05, 0.1) is 5.57 Å². The van der Waals surface area contributed by atoms with Gasteiger partial charge in [-0.2, -0.15) is 0 Å². The average Bonchev–Trinajstić information content (AvgIpc) is 2.87. The third kappa shape index (κ3) is 3.77. The first kappa shape index (κ1) is 19.6. The SMILES string of the molecule is C=CCN1C(=O)C(Nc2ccc(C(C)(C)C)cc2)=C(c2ccc(C)cc2)C1=O. The van der Waals surface area contributed by atoms with Crippen molar-refractivity contribution in [2.45, 2.75) is 33.1 Å². The molecule has 0 radical (unpaired) electrons. The van der Waals surface area contributed by atoms with Crippen LogP contribution in [0, 0.1) is 6.92 Å². The molecule has 0 atom stereocenters. The van der Waals surface area contributed by atoms with Crippen LogP contribution >= 0.6 is 0 Å². The van der Waals surface area contributed by atoms with Gasteiger partial charge < -0.3 is 5.32 Å². The molecular weight excluding hydrogens is 348 g/mol. The van der Waals surface area contributed by atoms with Gasteiger partial charge in [-0.25, -0.2) is 0 Å². The van der Waals surface area contributed by atoms with E-state index in [9.17, 15) is 9.59 Å². The maximum absolute atomic E-state index is 12.9. The maximum Gasteiger partial charge on any atom is 0.278 e. The van der Waals surface area contributed by atoms with Crippen LogP contribution in [0.25, 0.3) is 5.57 Å². The van der Waals surface area contributed by atoms with Crippen LogP contribution in [0.5, 0.6) is 0 Å². The molecule has 0 unspecified atom stereocenters. The van der Waals surface area contributed by atoms with Gasteiger partial charge in [-0.15, -0.1) is 6.58 Å². The molecule has 1 aliphatic rings. The van der Waals surface area contributed by atoms with E-state index in [0.717, 1.165) is 16.8 Å². The molecule has 0 spiro atoms. The van der Waals surface area contributed by atoms with Crippen LogP contribution < -0.4 is 5.32 Å². The molecule has 3 rings (SSSR count). The number of nitrogens with zero attached hydrogens (tertiary/aromatic N) is 1. The monoisotopic (exact) mass is 374 g/mol. The lowest BCUT2D eigenvalue weighted by Crippen LogP contribution is -2.32. The van der Waals surface area contributed by atoms with Crippen molar-refractivity contribution in [3.05, 3.63) is 83.6 Å². The summed E-state index contributed by atoms with van der Waals surface area (Å²) < 4.78 is 0. The maximum atomic E-state index is 12.9. The van der Waals surface area contributed by atoms with E-state index in [1.807, 2.05) is 55.5 Å². The molecule has 4 nitrogen and oxygen atoms in total. The Morgan fingerprint density at radius 3 is 2.11 bits per heavy atom. The molecule has 4 heteroatoms. The number of nitrogens with one attached hydrogen (secondary N) is 1.